The van der Waals surface area contributed by atoms with Crippen LogP contribution in [-0.2, 0) is 11.2 Å². The highest BCUT2D eigenvalue weighted by Crippen LogP contribution is 2.21. The quantitative estimate of drug-likeness (QED) is 0.745. The molecule has 3 nitrogen and oxygen atoms in total. The van der Waals surface area contributed by atoms with E-state index in [0.29, 0.717) is 12.8 Å². The Kier molecular flexibility index (Phi) is 4.49. The van der Waals surface area contributed by atoms with Crippen LogP contribution < -0.4 is 5.32 Å². The number of aryl methyl sites for hydroxylation is 1. The van der Waals surface area contributed by atoms with Crippen molar-refractivity contribution in [2.24, 2.45) is 0 Å². The molecule has 3 rings (SSSR count). The summed E-state index contributed by atoms with van der Waals surface area (Å²) >= 11 is 3.50. The molecular formula is C18H15BrN2O. The first-order valence-electron chi connectivity index (χ1n) is 7.11. The van der Waals surface area contributed by atoms with Crippen LogP contribution in [0, 0.1) is 0 Å². The number of carbonyl (C=O) groups excluding carboxylic acids is 1. The number of nitrogens with one attached hydrogen (secondary N) is 1. The summed E-state index contributed by atoms with van der Waals surface area (Å²) < 4.78 is 1.04. The summed E-state index contributed by atoms with van der Waals surface area (Å²) in [7, 11) is 0. The van der Waals surface area contributed by atoms with Gasteiger partial charge in [0, 0.05) is 22.5 Å². The molecule has 22 heavy (non-hydrogen) atoms. The standard InChI is InChI=1S/C18H15BrN2O/c19-15-8-2-1-5-13(15)10-11-17(22)21-16-9-3-6-14-7-4-12-20-18(14)16/h1-9,12H,10-11H2,(H,21,22). The number of rotatable bonds is 4. The third-order valence-corrected chi connectivity index (χ3v) is 4.26. The topological polar surface area (TPSA) is 42.0 Å². The van der Waals surface area contributed by atoms with Crippen LogP contribution in [0.1, 0.15) is 12.0 Å². The van der Waals surface area contributed by atoms with Crippen LogP contribution in [0.2, 0.25) is 0 Å². The van der Waals surface area contributed by atoms with E-state index in [4.69, 9.17) is 0 Å². The maximum absolute atomic E-state index is 12.2. The molecule has 1 N–H and O–H groups in total. The molecule has 1 amide bonds. The largest absolute Gasteiger partial charge is 0.324 e. The van der Waals surface area contributed by atoms with Gasteiger partial charge in [-0.1, -0.05) is 52.3 Å². The van der Waals surface area contributed by atoms with Crippen molar-refractivity contribution in [1.29, 1.82) is 0 Å². The van der Waals surface area contributed by atoms with Crippen LogP contribution in [0.4, 0.5) is 5.69 Å². The summed E-state index contributed by atoms with van der Waals surface area (Å²) in [6.07, 6.45) is 2.87. The zero-order chi connectivity index (χ0) is 15.4. The molecule has 0 aliphatic rings. The molecule has 1 aromatic heterocycles. The summed E-state index contributed by atoms with van der Waals surface area (Å²) in [5.74, 6) is -0.00564. The second kappa shape index (κ2) is 6.71. The van der Waals surface area contributed by atoms with Gasteiger partial charge >= 0.3 is 0 Å². The molecule has 0 fully saturated rings. The average Bonchev–Trinajstić information content (AvgIpc) is 2.54. The SMILES string of the molecule is O=C(CCc1ccccc1Br)Nc1cccc2cccnc12. The number of halogens is 1. The predicted molar refractivity (Wildman–Crippen MR) is 92.8 cm³/mol. The van der Waals surface area contributed by atoms with Crippen molar-refractivity contribution in [2.45, 2.75) is 12.8 Å². The Morgan fingerprint density at radius 2 is 1.86 bits per heavy atom. The number of para-hydroxylation sites is 1. The van der Waals surface area contributed by atoms with E-state index in [-0.39, 0.29) is 5.91 Å². The number of hydrogen-bond acceptors (Lipinski definition) is 2. The monoisotopic (exact) mass is 354 g/mol. The van der Waals surface area contributed by atoms with Crippen LogP contribution in [0.25, 0.3) is 10.9 Å². The maximum atomic E-state index is 12.2. The van der Waals surface area contributed by atoms with Gasteiger partial charge < -0.3 is 5.32 Å². The zero-order valence-corrected chi connectivity index (χ0v) is 13.5. The van der Waals surface area contributed by atoms with Gasteiger partial charge in [-0.2, -0.15) is 0 Å². The molecule has 0 aliphatic heterocycles. The van der Waals surface area contributed by atoms with Crippen LogP contribution in [0.15, 0.2) is 65.3 Å². The van der Waals surface area contributed by atoms with Gasteiger partial charge in [-0.05, 0) is 30.2 Å². The van der Waals surface area contributed by atoms with Gasteiger partial charge in [0.05, 0.1) is 11.2 Å². The minimum atomic E-state index is -0.00564. The van der Waals surface area contributed by atoms with E-state index in [1.165, 1.54) is 0 Å². The first-order chi connectivity index (χ1) is 10.7. The first-order valence-corrected chi connectivity index (χ1v) is 7.90. The average molecular weight is 355 g/mol. The van der Waals surface area contributed by atoms with Crippen molar-refractivity contribution in [2.75, 3.05) is 5.32 Å². The predicted octanol–water partition coefficient (Wildman–Crippen LogP) is 4.57. The number of benzene rings is 2. The lowest BCUT2D eigenvalue weighted by Crippen LogP contribution is -2.13. The number of amides is 1. The van der Waals surface area contributed by atoms with E-state index < -0.39 is 0 Å². The van der Waals surface area contributed by atoms with Gasteiger partial charge in [0.2, 0.25) is 5.91 Å². The number of aromatic nitrogens is 1. The van der Waals surface area contributed by atoms with Gasteiger partial charge in [-0.15, -0.1) is 0 Å². The van der Waals surface area contributed by atoms with E-state index in [1.54, 1.807) is 6.20 Å². The molecule has 0 saturated carbocycles. The lowest BCUT2D eigenvalue weighted by molar-refractivity contribution is -0.116. The molecule has 1 heterocycles. The van der Waals surface area contributed by atoms with E-state index in [1.807, 2.05) is 54.6 Å². The Balaban J connectivity index is 1.70. The van der Waals surface area contributed by atoms with E-state index in [0.717, 1.165) is 26.6 Å². The molecule has 0 spiro atoms. The highest BCUT2D eigenvalue weighted by Gasteiger charge is 2.08. The fourth-order valence-corrected chi connectivity index (χ4v) is 2.85. The number of pyridine rings is 1. The molecule has 0 saturated heterocycles. The molecule has 110 valence electrons. The molecule has 0 unspecified atom stereocenters. The minimum absolute atomic E-state index is 0.00564. The maximum Gasteiger partial charge on any atom is 0.224 e. The van der Waals surface area contributed by atoms with E-state index in [9.17, 15) is 4.79 Å². The second-order valence-electron chi connectivity index (χ2n) is 5.02. The third kappa shape index (κ3) is 3.34. The number of hydrogen-bond donors (Lipinski definition) is 1. The second-order valence-corrected chi connectivity index (χ2v) is 5.87. The highest BCUT2D eigenvalue weighted by molar-refractivity contribution is 9.10. The van der Waals surface area contributed by atoms with Crippen molar-refractivity contribution in [3.63, 3.8) is 0 Å². The van der Waals surface area contributed by atoms with E-state index in [2.05, 4.69) is 26.2 Å². The number of fused-ring (bicyclic) bond motifs is 1. The Hall–Kier alpha value is -2.20. The minimum Gasteiger partial charge on any atom is -0.324 e. The number of anilines is 1. The smallest absolute Gasteiger partial charge is 0.224 e. The van der Waals surface area contributed by atoms with Crippen molar-refractivity contribution < 1.29 is 4.79 Å². The Labute approximate surface area is 137 Å². The third-order valence-electron chi connectivity index (χ3n) is 3.49. The molecule has 3 aromatic rings. The van der Waals surface area contributed by atoms with Crippen molar-refractivity contribution in [3.05, 3.63) is 70.8 Å². The molecule has 4 heteroatoms. The van der Waals surface area contributed by atoms with Crippen molar-refractivity contribution in [1.82, 2.24) is 4.98 Å². The molecule has 0 aliphatic carbocycles. The summed E-state index contributed by atoms with van der Waals surface area (Å²) in [5, 5.41) is 3.98. The first kappa shape index (κ1) is 14.7. The molecule has 0 atom stereocenters. The normalized spacial score (nSPS) is 10.6. The summed E-state index contributed by atoms with van der Waals surface area (Å²) in [4.78, 5) is 16.5. The summed E-state index contributed by atoms with van der Waals surface area (Å²) in [6, 6.07) is 17.6. The summed E-state index contributed by atoms with van der Waals surface area (Å²) in [6.45, 7) is 0. The van der Waals surface area contributed by atoms with Gasteiger partial charge in [0.1, 0.15) is 0 Å². The van der Waals surface area contributed by atoms with Crippen LogP contribution >= 0.6 is 15.9 Å². The molecule has 0 radical (unpaired) electrons. The molecule has 2 aromatic carbocycles. The fourth-order valence-electron chi connectivity index (χ4n) is 2.37. The summed E-state index contributed by atoms with van der Waals surface area (Å²) in [5.41, 5.74) is 2.71. The van der Waals surface area contributed by atoms with Crippen molar-refractivity contribution >= 4 is 38.4 Å². The fraction of sp³-hybridized carbons (Fsp3) is 0.111. The number of nitrogens with zero attached hydrogens (tertiary/aromatic N) is 1. The van der Waals surface area contributed by atoms with Gasteiger partial charge in [0.15, 0.2) is 0 Å². The van der Waals surface area contributed by atoms with Gasteiger partial charge in [-0.3, -0.25) is 9.78 Å². The Morgan fingerprint density at radius 1 is 1.05 bits per heavy atom. The van der Waals surface area contributed by atoms with Crippen molar-refractivity contribution in [3.8, 4) is 0 Å². The number of carbonyl (C=O) groups is 1. The van der Waals surface area contributed by atoms with E-state index >= 15 is 0 Å². The lowest BCUT2D eigenvalue weighted by Gasteiger charge is -2.08. The van der Waals surface area contributed by atoms with Gasteiger partial charge in [0.25, 0.3) is 0 Å². The Morgan fingerprint density at radius 3 is 2.73 bits per heavy atom. The lowest BCUT2D eigenvalue weighted by atomic mass is 10.1. The highest BCUT2D eigenvalue weighted by atomic mass is 79.9. The molecule has 0 bridgehead atoms. The zero-order valence-electron chi connectivity index (χ0n) is 11.9. The van der Waals surface area contributed by atoms with Crippen LogP contribution in [0.3, 0.4) is 0 Å². The van der Waals surface area contributed by atoms with Gasteiger partial charge in [-0.25, -0.2) is 0 Å². The van der Waals surface area contributed by atoms with Crippen LogP contribution in [-0.4, -0.2) is 10.9 Å². The van der Waals surface area contributed by atoms with Crippen LogP contribution in [0.5, 0.6) is 0 Å². The molecular weight excluding hydrogens is 340 g/mol. The Bertz CT molecular complexity index is 812.